The zero-order chi connectivity index (χ0) is 14.6. The molecule has 108 valence electrons. The predicted octanol–water partition coefficient (Wildman–Crippen LogP) is 2.89. The van der Waals surface area contributed by atoms with Gasteiger partial charge in [-0.2, -0.15) is 0 Å². The van der Waals surface area contributed by atoms with Gasteiger partial charge < -0.3 is 15.0 Å². The zero-order valence-electron chi connectivity index (χ0n) is 12.7. The Bertz CT molecular complexity index is 423. The third-order valence-corrected chi connectivity index (χ3v) is 3.66. The number of hydrogen-bond acceptors (Lipinski definition) is 3. The fourth-order valence-electron chi connectivity index (χ4n) is 2.08. The molecule has 0 radical (unpaired) electrons. The molecule has 3 nitrogen and oxygen atoms in total. The van der Waals surface area contributed by atoms with Gasteiger partial charge in [0.2, 0.25) is 0 Å². The Morgan fingerprint density at radius 1 is 1.37 bits per heavy atom. The summed E-state index contributed by atoms with van der Waals surface area (Å²) in [5.74, 6) is -0.159. The van der Waals surface area contributed by atoms with Gasteiger partial charge in [-0.05, 0) is 51.1 Å². The van der Waals surface area contributed by atoms with E-state index in [0.29, 0.717) is 12.2 Å². The van der Waals surface area contributed by atoms with E-state index in [1.54, 1.807) is 20.1 Å². The number of aryl methyl sites for hydroxylation is 1. The molecule has 0 fully saturated rings. The van der Waals surface area contributed by atoms with Crippen LogP contribution in [-0.2, 0) is 4.74 Å². The lowest BCUT2D eigenvalue weighted by atomic mass is 10.0. The molecule has 19 heavy (non-hydrogen) atoms. The van der Waals surface area contributed by atoms with Gasteiger partial charge in [0.15, 0.2) is 0 Å². The second kappa shape index (κ2) is 6.87. The number of hydrogen-bond donors (Lipinski definition) is 1. The summed E-state index contributed by atoms with van der Waals surface area (Å²) in [4.78, 5) is 2.14. The SMILES string of the molecule is CNC(C)c1cc(F)c(C)cc1N(C)C(C)COC. The molecule has 0 aliphatic heterocycles. The van der Waals surface area contributed by atoms with E-state index in [4.69, 9.17) is 4.74 Å². The lowest BCUT2D eigenvalue weighted by molar-refractivity contribution is 0.183. The van der Waals surface area contributed by atoms with Gasteiger partial charge in [-0.15, -0.1) is 0 Å². The Morgan fingerprint density at radius 3 is 2.53 bits per heavy atom. The van der Waals surface area contributed by atoms with E-state index in [1.807, 2.05) is 27.1 Å². The number of benzene rings is 1. The normalized spacial score (nSPS) is 14.3. The molecular formula is C15H25FN2O. The van der Waals surface area contributed by atoms with Crippen LogP contribution in [0.5, 0.6) is 0 Å². The third kappa shape index (κ3) is 3.67. The molecule has 0 amide bonds. The number of halogens is 1. The highest BCUT2D eigenvalue weighted by Crippen LogP contribution is 2.29. The minimum Gasteiger partial charge on any atom is -0.383 e. The van der Waals surface area contributed by atoms with Crippen LogP contribution >= 0.6 is 0 Å². The van der Waals surface area contributed by atoms with Crippen molar-refractivity contribution in [2.45, 2.75) is 32.9 Å². The lowest BCUT2D eigenvalue weighted by Crippen LogP contribution is -2.34. The molecule has 0 spiro atoms. The van der Waals surface area contributed by atoms with Gasteiger partial charge in [-0.3, -0.25) is 0 Å². The molecule has 0 aliphatic rings. The first kappa shape index (κ1) is 15.9. The largest absolute Gasteiger partial charge is 0.383 e. The summed E-state index contributed by atoms with van der Waals surface area (Å²) in [6.07, 6.45) is 0. The van der Waals surface area contributed by atoms with Crippen LogP contribution in [0.25, 0.3) is 0 Å². The van der Waals surface area contributed by atoms with E-state index in [9.17, 15) is 4.39 Å². The van der Waals surface area contributed by atoms with E-state index < -0.39 is 0 Å². The smallest absolute Gasteiger partial charge is 0.126 e. The van der Waals surface area contributed by atoms with E-state index in [-0.39, 0.29) is 17.9 Å². The molecule has 1 aromatic carbocycles. The van der Waals surface area contributed by atoms with Gasteiger partial charge in [0.05, 0.1) is 6.61 Å². The average molecular weight is 268 g/mol. The Hall–Kier alpha value is -1.13. The topological polar surface area (TPSA) is 24.5 Å². The number of rotatable bonds is 6. The number of ether oxygens (including phenoxy) is 1. The molecule has 1 N–H and O–H groups in total. The quantitative estimate of drug-likeness (QED) is 0.858. The molecule has 0 saturated carbocycles. The summed E-state index contributed by atoms with van der Waals surface area (Å²) in [5.41, 5.74) is 2.68. The van der Waals surface area contributed by atoms with Gasteiger partial charge in [0.1, 0.15) is 5.82 Å². The zero-order valence-corrected chi connectivity index (χ0v) is 12.7. The van der Waals surface area contributed by atoms with Gasteiger partial charge >= 0.3 is 0 Å². The van der Waals surface area contributed by atoms with Crippen molar-refractivity contribution in [3.05, 3.63) is 29.1 Å². The van der Waals surface area contributed by atoms with Gasteiger partial charge in [-0.25, -0.2) is 4.39 Å². The van der Waals surface area contributed by atoms with Crippen LogP contribution in [-0.4, -0.2) is 33.9 Å². The van der Waals surface area contributed by atoms with Crippen molar-refractivity contribution >= 4 is 5.69 Å². The van der Waals surface area contributed by atoms with Crippen molar-refractivity contribution in [3.63, 3.8) is 0 Å². The summed E-state index contributed by atoms with van der Waals surface area (Å²) in [7, 11) is 5.59. The predicted molar refractivity (Wildman–Crippen MR) is 78.4 cm³/mol. The lowest BCUT2D eigenvalue weighted by Gasteiger charge is -2.30. The van der Waals surface area contributed by atoms with Crippen LogP contribution in [0.4, 0.5) is 10.1 Å². The second-order valence-electron chi connectivity index (χ2n) is 5.09. The number of anilines is 1. The molecule has 4 heteroatoms. The molecular weight excluding hydrogens is 243 g/mol. The van der Waals surface area contributed by atoms with E-state index in [2.05, 4.69) is 17.1 Å². The first-order valence-electron chi connectivity index (χ1n) is 6.61. The highest BCUT2D eigenvalue weighted by molar-refractivity contribution is 5.57. The van der Waals surface area contributed by atoms with Crippen LogP contribution in [0, 0.1) is 12.7 Å². The van der Waals surface area contributed by atoms with Crippen LogP contribution in [0.2, 0.25) is 0 Å². The number of nitrogens with zero attached hydrogens (tertiary/aromatic N) is 1. The number of methoxy groups -OCH3 is 1. The minimum atomic E-state index is -0.159. The number of nitrogens with one attached hydrogen (secondary N) is 1. The molecule has 1 aromatic rings. The van der Waals surface area contributed by atoms with Gasteiger partial charge in [0, 0.05) is 31.9 Å². The number of likely N-dealkylation sites (N-methyl/N-ethyl adjacent to an activating group) is 1. The second-order valence-corrected chi connectivity index (χ2v) is 5.09. The van der Waals surface area contributed by atoms with Crippen LogP contribution in [0.15, 0.2) is 12.1 Å². The van der Waals surface area contributed by atoms with Crippen molar-refractivity contribution in [2.75, 3.05) is 32.7 Å². The molecule has 0 aromatic heterocycles. The maximum atomic E-state index is 13.8. The van der Waals surface area contributed by atoms with Crippen molar-refractivity contribution in [1.82, 2.24) is 5.32 Å². The average Bonchev–Trinajstić information content (AvgIpc) is 2.39. The standard InChI is InChI=1S/C15H25FN2O/c1-10-7-15(18(5)11(2)9-19-6)13(8-14(10)16)12(3)17-4/h7-8,11-12,17H,9H2,1-6H3. The van der Waals surface area contributed by atoms with E-state index in [1.165, 1.54) is 0 Å². The van der Waals surface area contributed by atoms with Crippen molar-refractivity contribution in [2.24, 2.45) is 0 Å². The summed E-state index contributed by atoms with van der Waals surface area (Å²) >= 11 is 0. The van der Waals surface area contributed by atoms with Crippen molar-refractivity contribution < 1.29 is 9.13 Å². The van der Waals surface area contributed by atoms with Gasteiger partial charge in [0.25, 0.3) is 0 Å². The first-order valence-corrected chi connectivity index (χ1v) is 6.61. The van der Waals surface area contributed by atoms with Crippen molar-refractivity contribution in [1.29, 1.82) is 0 Å². The maximum Gasteiger partial charge on any atom is 0.126 e. The summed E-state index contributed by atoms with van der Waals surface area (Å²) in [5, 5.41) is 3.17. The molecule has 0 heterocycles. The molecule has 0 saturated heterocycles. The molecule has 2 unspecified atom stereocenters. The Kier molecular flexibility index (Phi) is 5.76. The first-order chi connectivity index (χ1) is 8.92. The monoisotopic (exact) mass is 268 g/mol. The fraction of sp³-hybridized carbons (Fsp3) is 0.600. The molecule has 0 bridgehead atoms. The third-order valence-electron chi connectivity index (χ3n) is 3.66. The van der Waals surface area contributed by atoms with Crippen LogP contribution in [0.1, 0.15) is 31.0 Å². The van der Waals surface area contributed by atoms with Crippen LogP contribution in [0.3, 0.4) is 0 Å². The maximum absolute atomic E-state index is 13.8. The summed E-state index contributed by atoms with van der Waals surface area (Å²) in [6.45, 7) is 6.56. The summed E-state index contributed by atoms with van der Waals surface area (Å²) in [6, 6.07) is 3.87. The van der Waals surface area contributed by atoms with E-state index in [0.717, 1.165) is 11.3 Å². The molecule has 2 atom stereocenters. The fourth-order valence-corrected chi connectivity index (χ4v) is 2.08. The minimum absolute atomic E-state index is 0.0993. The Labute approximate surface area is 115 Å². The highest BCUT2D eigenvalue weighted by atomic mass is 19.1. The van der Waals surface area contributed by atoms with E-state index >= 15 is 0 Å². The van der Waals surface area contributed by atoms with Crippen LogP contribution < -0.4 is 10.2 Å². The molecule has 1 rings (SSSR count). The van der Waals surface area contributed by atoms with Crippen molar-refractivity contribution in [3.8, 4) is 0 Å². The Balaban J connectivity index is 3.20. The Morgan fingerprint density at radius 2 is 2.00 bits per heavy atom. The van der Waals surface area contributed by atoms with Gasteiger partial charge in [-0.1, -0.05) is 0 Å². The highest BCUT2D eigenvalue weighted by Gasteiger charge is 2.18. The summed E-state index contributed by atoms with van der Waals surface area (Å²) < 4.78 is 19.0. The molecule has 0 aliphatic carbocycles.